The SMILES string of the molecule is CCCCCCC1(CCCCCC)OC(=O)Nc2ccc(OCCCC=NOS(=O)(=O)Oc3ccc(NC(C)=O)cc3)cc21. The normalized spacial score (nSPS) is 13.9. The van der Waals surface area contributed by atoms with Crippen LogP contribution in [0.15, 0.2) is 47.6 Å². The number of unbranched alkanes of at least 4 members (excludes halogenated alkanes) is 7. The van der Waals surface area contributed by atoms with Crippen molar-refractivity contribution < 1.29 is 35.9 Å². The maximum Gasteiger partial charge on any atom is 0.521 e. The van der Waals surface area contributed by atoms with Gasteiger partial charge in [0.1, 0.15) is 17.1 Å². The molecule has 2 aromatic rings. The Morgan fingerprint density at radius 1 is 0.955 bits per heavy atom. The molecule has 44 heavy (non-hydrogen) atoms. The number of carbonyl (C=O) groups excluding carboxylic acids is 2. The molecular formula is C32H45N3O8S. The molecule has 2 amide bonds. The fourth-order valence-electron chi connectivity index (χ4n) is 5.07. The Morgan fingerprint density at radius 2 is 1.61 bits per heavy atom. The van der Waals surface area contributed by atoms with Crippen LogP contribution in [0.4, 0.5) is 16.2 Å². The maximum atomic E-state index is 12.6. The second-order valence-corrected chi connectivity index (χ2v) is 12.0. The highest BCUT2D eigenvalue weighted by Gasteiger charge is 2.41. The molecule has 12 heteroatoms. The van der Waals surface area contributed by atoms with Crippen molar-refractivity contribution in [1.82, 2.24) is 0 Å². The van der Waals surface area contributed by atoms with Gasteiger partial charge in [0.05, 0.1) is 12.3 Å². The summed E-state index contributed by atoms with van der Waals surface area (Å²) in [4.78, 5) is 23.6. The molecule has 0 spiro atoms. The first kappa shape index (κ1) is 34.7. The number of benzene rings is 2. The average molecular weight is 632 g/mol. The van der Waals surface area contributed by atoms with E-state index in [4.69, 9.17) is 13.7 Å². The number of rotatable bonds is 20. The summed E-state index contributed by atoms with van der Waals surface area (Å²) in [5, 5.41) is 8.92. The number of nitrogens with one attached hydrogen (secondary N) is 2. The third-order valence-corrected chi connectivity index (χ3v) is 7.87. The first-order valence-corrected chi connectivity index (χ1v) is 16.8. The van der Waals surface area contributed by atoms with Crippen molar-refractivity contribution in [2.75, 3.05) is 17.2 Å². The van der Waals surface area contributed by atoms with Crippen molar-refractivity contribution in [2.24, 2.45) is 5.16 Å². The Hall–Kier alpha value is -3.80. The van der Waals surface area contributed by atoms with E-state index in [2.05, 4.69) is 33.9 Å². The zero-order valence-electron chi connectivity index (χ0n) is 25.9. The molecule has 0 saturated carbocycles. The Bertz CT molecular complexity index is 1330. The molecule has 3 rings (SSSR count). The van der Waals surface area contributed by atoms with Crippen LogP contribution in [0.25, 0.3) is 0 Å². The highest BCUT2D eigenvalue weighted by Crippen LogP contribution is 2.45. The van der Waals surface area contributed by atoms with E-state index in [1.807, 2.05) is 18.2 Å². The van der Waals surface area contributed by atoms with E-state index < -0.39 is 22.1 Å². The van der Waals surface area contributed by atoms with Gasteiger partial charge in [-0.05, 0) is 81.0 Å². The monoisotopic (exact) mass is 631 g/mol. The maximum absolute atomic E-state index is 12.6. The highest BCUT2D eigenvalue weighted by atomic mass is 32.3. The zero-order chi connectivity index (χ0) is 31.8. The van der Waals surface area contributed by atoms with Gasteiger partial charge in [-0.2, -0.15) is 0 Å². The zero-order valence-corrected chi connectivity index (χ0v) is 26.7. The Labute approximate surface area is 261 Å². The molecule has 0 atom stereocenters. The van der Waals surface area contributed by atoms with E-state index in [0.29, 0.717) is 30.9 Å². The van der Waals surface area contributed by atoms with Crippen molar-refractivity contribution in [3.63, 3.8) is 0 Å². The fourth-order valence-corrected chi connectivity index (χ4v) is 5.61. The van der Waals surface area contributed by atoms with E-state index in [0.717, 1.165) is 75.5 Å². The molecule has 1 aliphatic heterocycles. The second kappa shape index (κ2) is 17.5. The number of oxime groups is 1. The summed E-state index contributed by atoms with van der Waals surface area (Å²) >= 11 is 0. The predicted molar refractivity (Wildman–Crippen MR) is 170 cm³/mol. The Kier molecular flexibility index (Phi) is 13.8. The molecule has 0 fully saturated rings. The molecular weight excluding hydrogens is 586 g/mol. The van der Waals surface area contributed by atoms with Crippen molar-refractivity contribution in [1.29, 1.82) is 0 Å². The minimum atomic E-state index is -4.41. The number of carbonyl (C=O) groups is 2. The van der Waals surface area contributed by atoms with Gasteiger partial charge >= 0.3 is 16.5 Å². The first-order valence-electron chi connectivity index (χ1n) is 15.5. The molecule has 0 radical (unpaired) electrons. The number of ether oxygens (including phenoxy) is 2. The highest BCUT2D eigenvalue weighted by molar-refractivity contribution is 7.82. The van der Waals surface area contributed by atoms with Gasteiger partial charge in [0.15, 0.2) is 0 Å². The van der Waals surface area contributed by atoms with Gasteiger partial charge in [0, 0.05) is 24.4 Å². The van der Waals surface area contributed by atoms with Gasteiger partial charge in [0.2, 0.25) is 5.91 Å². The van der Waals surface area contributed by atoms with Gasteiger partial charge in [-0.3, -0.25) is 10.1 Å². The summed E-state index contributed by atoms with van der Waals surface area (Å²) in [6, 6.07) is 11.4. The van der Waals surface area contributed by atoms with Gasteiger partial charge in [-0.25, -0.2) is 9.08 Å². The largest absolute Gasteiger partial charge is 0.521 e. The van der Waals surface area contributed by atoms with Crippen LogP contribution >= 0.6 is 0 Å². The summed E-state index contributed by atoms with van der Waals surface area (Å²) in [5.41, 5.74) is 1.54. The van der Waals surface area contributed by atoms with E-state index in [-0.39, 0.29) is 11.7 Å². The molecule has 0 saturated heterocycles. The van der Waals surface area contributed by atoms with Gasteiger partial charge < -0.3 is 19.0 Å². The minimum absolute atomic E-state index is 0.0173. The third-order valence-electron chi connectivity index (χ3n) is 7.20. The molecule has 1 heterocycles. The number of hydrogen-bond acceptors (Lipinski definition) is 9. The number of fused-ring (bicyclic) bond motifs is 1. The van der Waals surface area contributed by atoms with Crippen LogP contribution < -0.4 is 19.6 Å². The van der Waals surface area contributed by atoms with Crippen LogP contribution in [0, 0.1) is 0 Å². The molecule has 0 aliphatic carbocycles. The molecule has 0 aromatic heterocycles. The lowest BCUT2D eigenvalue weighted by molar-refractivity contribution is -0.114. The molecule has 0 unspecified atom stereocenters. The van der Waals surface area contributed by atoms with E-state index in [9.17, 15) is 18.0 Å². The minimum Gasteiger partial charge on any atom is -0.494 e. The Balaban J connectivity index is 1.53. The summed E-state index contributed by atoms with van der Waals surface area (Å²) in [6.45, 7) is 6.09. The van der Waals surface area contributed by atoms with Crippen molar-refractivity contribution in [2.45, 2.75) is 103 Å². The van der Waals surface area contributed by atoms with Crippen molar-refractivity contribution in [3.8, 4) is 11.5 Å². The van der Waals surface area contributed by atoms with E-state index in [1.165, 1.54) is 37.4 Å². The van der Waals surface area contributed by atoms with Crippen molar-refractivity contribution in [3.05, 3.63) is 48.0 Å². The van der Waals surface area contributed by atoms with Gasteiger partial charge in [-0.1, -0.05) is 57.5 Å². The van der Waals surface area contributed by atoms with Crippen LogP contribution in [0.1, 0.15) is 103 Å². The lowest BCUT2D eigenvalue weighted by Crippen LogP contribution is -2.39. The summed E-state index contributed by atoms with van der Waals surface area (Å²) in [6.07, 6.45) is 12.1. The number of cyclic esters (lactones) is 1. The summed E-state index contributed by atoms with van der Waals surface area (Å²) in [5.74, 6) is 0.442. The Morgan fingerprint density at radius 3 is 2.25 bits per heavy atom. The predicted octanol–water partition coefficient (Wildman–Crippen LogP) is 7.83. The molecule has 1 aliphatic rings. The number of nitrogens with zero attached hydrogens (tertiary/aromatic N) is 1. The van der Waals surface area contributed by atoms with E-state index >= 15 is 0 Å². The number of hydrogen-bond donors (Lipinski definition) is 2. The quantitative estimate of drug-likeness (QED) is 0.0855. The number of amides is 2. The van der Waals surface area contributed by atoms with Gasteiger partial charge in [-0.15, -0.1) is 8.42 Å². The van der Waals surface area contributed by atoms with Crippen LogP contribution in [0.3, 0.4) is 0 Å². The van der Waals surface area contributed by atoms with Gasteiger partial charge in [0.25, 0.3) is 0 Å². The lowest BCUT2D eigenvalue weighted by atomic mass is 9.81. The summed E-state index contributed by atoms with van der Waals surface area (Å²) in [7, 11) is -4.41. The molecule has 11 nitrogen and oxygen atoms in total. The molecule has 0 bridgehead atoms. The number of anilines is 2. The van der Waals surface area contributed by atoms with Crippen LogP contribution in [-0.4, -0.2) is 33.2 Å². The van der Waals surface area contributed by atoms with Crippen LogP contribution in [-0.2, 0) is 29.8 Å². The second-order valence-electron chi connectivity index (χ2n) is 10.9. The third kappa shape index (κ3) is 11.4. The van der Waals surface area contributed by atoms with Crippen LogP contribution in [0.5, 0.6) is 11.5 Å². The van der Waals surface area contributed by atoms with Crippen LogP contribution in [0.2, 0.25) is 0 Å². The van der Waals surface area contributed by atoms with Crippen molar-refractivity contribution >= 4 is 40.0 Å². The molecule has 2 N–H and O–H groups in total. The van der Waals surface area contributed by atoms with E-state index in [1.54, 1.807) is 0 Å². The standard InChI is InChI=1S/C32H45N3O8S/c1-4-6-8-10-20-32(21-11-9-7-5-2)29-24-28(18-19-30(29)35-31(37)41-32)40-23-13-12-22-33-43-44(38,39)42-27-16-14-26(15-17-27)34-25(3)36/h14-19,22,24H,4-13,20-21,23H2,1-3H3,(H,34,36)(H,35,37). The smallest absolute Gasteiger partial charge is 0.494 e. The first-order chi connectivity index (χ1) is 21.2. The lowest BCUT2D eigenvalue weighted by Gasteiger charge is -2.39. The molecule has 242 valence electrons. The average Bonchev–Trinajstić information content (AvgIpc) is 2.98. The topological polar surface area (TPSA) is 142 Å². The summed E-state index contributed by atoms with van der Waals surface area (Å²) < 4.78 is 45.5. The fraction of sp³-hybridized carbons (Fsp3) is 0.531. The molecule has 2 aromatic carbocycles.